The van der Waals surface area contributed by atoms with E-state index in [1.165, 1.54) is 4.88 Å². The summed E-state index contributed by atoms with van der Waals surface area (Å²) < 4.78 is 0. The Hall–Kier alpha value is -0.340. The summed E-state index contributed by atoms with van der Waals surface area (Å²) in [6, 6.07) is 4.19. The largest absolute Gasteiger partial charge is 0.392 e. The molecule has 1 aromatic rings. The van der Waals surface area contributed by atoms with Crippen LogP contribution in [-0.2, 0) is 5.41 Å². The van der Waals surface area contributed by atoms with Crippen molar-refractivity contribution in [1.29, 1.82) is 0 Å². The first-order valence-electron chi connectivity index (χ1n) is 3.98. The summed E-state index contributed by atoms with van der Waals surface area (Å²) in [4.78, 5) is 1.35. The van der Waals surface area contributed by atoms with E-state index in [9.17, 15) is 5.11 Å². The summed E-state index contributed by atoms with van der Waals surface area (Å²) in [5.41, 5.74) is 0.147. The summed E-state index contributed by atoms with van der Waals surface area (Å²) in [5, 5.41) is 11.6. The minimum Gasteiger partial charge on any atom is -0.392 e. The van der Waals surface area contributed by atoms with E-state index in [4.69, 9.17) is 0 Å². The molecular formula is C9H12OS. The van der Waals surface area contributed by atoms with Crippen molar-refractivity contribution >= 4 is 11.3 Å². The second-order valence-electron chi connectivity index (χ2n) is 3.31. The first-order valence-corrected chi connectivity index (χ1v) is 4.86. The molecule has 0 amide bonds. The zero-order valence-corrected chi connectivity index (χ0v) is 7.40. The molecule has 1 atom stereocenters. The monoisotopic (exact) mass is 168 g/mol. The molecule has 0 aromatic carbocycles. The average molecular weight is 168 g/mol. The lowest BCUT2D eigenvalue weighted by molar-refractivity contribution is 0.152. The lowest BCUT2D eigenvalue weighted by atomic mass is 9.99. The topological polar surface area (TPSA) is 20.2 Å². The molecule has 60 valence electrons. The maximum atomic E-state index is 9.52. The SMILES string of the molecule is CC(O)C1(c2cccs2)CC1. The molecule has 0 bridgehead atoms. The zero-order chi connectivity index (χ0) is 7.90. The van der Waals surface area contributed by atoms with Crippen LogP contribution in [0, 0.1) is 0 Å². The van der Waals surface area contributed by atoms with E-state index in [2.05, 4.69) is 17.5 Å². The van der Waals surface area contributed by atoms with Crippen molar-refractivity contribution in [1.82, 2.24) is 0 Å². The van der Waals surface area contributed by atoms with Crippen LogP contribution in [0.5, 0.6) is 0 Å². The maximum Gasteiger partial charge on any atom is 0.0616 e. The highest BCUT2D eigenvalue weighted by Crippen LogP contribution is 2.52. The van der Waals surface area contributed by atoms with E-state index < -0.39 is 0 Å². The molecule has 11 heavy (non-hydrogen) atoms. The Kier molecular flexibility index (Phi) is 1.55. The Morgan fingerprint density at radius 1 is 1.64 bits per heavy atom. The second kappa shape index (κ2) is 2.32. The van der Waals surface area contributed by atoms with Crippen molar-refractivity contribution in [3.8, 4) is 0 Å². The van der Waals surface area contributed by atoms with Crippen LogP contribution < -0.4 is 0 Å². The van der Waals surface area contributed by atoms with E-state index in [1.54, 1.807) is 11.3 Å². The fourth-order valence-electron chi connectivity index (χ4n) is 1.57. The van der Waals surface area contributed by atoms with Gasteiger partial charge >= 0.3 is 0 Å². The predicted octanol–water partition coefficient (Wildman–Crippen LogP) is 2.16. The lowest BCUT2D eigenvalue weighted by Crippen LogP contribution is -2.20. The second-order valence-corrected chi connectivity index (χ2v) is 4.26. The van der Waals surface area contributed by atoms with Crippen LogP contribution in [0.1, 0.15) is 24.6 Å². The van der Waals surface area contributed by atoms with Crippen molar-refractivity contribution in [2.24, 2.45) is 0 Å². The molecule has 1 unspecified atom stereocenters. The van der Waals surface area contributed by atoms with Gasteiger partial charge in [0.25, 0.3) is 0 Å². The number of hydrogen-bond acceptors (Lipinski definition) is 2. The average Bonchev–Trinajstić information content (AvgIpc) is 2.61. The Balaban J connectivity index is 2.29. The number of thiophene rings is 1. The molecule has 0 saturated heterocycles. The molecule has 1 fully saturated rings. The van der Waals surface area contributed by atoms with E-state index in [-0.39, 0.29) is 11.5 Å². The molecule has 0 aliphatic heterocycles. The molecule has 1 heterocycles. The summed E-state index contributed by atoms with van der Waals surface area (Å²) >= 11 is 1.76. The van der Waals surface area contributed by atoms with Gasteiger partial charge in [0.2, 0.25) is 0 Å². The number of aliphatic hydroxyl groups excluding tert-OH is 1. The smallest absolute Gasteiger partial charge is 0.0616 e. The Labute approximate surface area is 70.7 Å². The number of rotatable bonds is 2. The molecule has 2 rings (SSSR count). The zero-order valence-electron chi connectivity index (χ0n) is 6.58. The Morgan fingerprint density at radius 3 is 2.73 bits per heavy atom. The lowest BCUT2D eigenvalue weighted by Gasteiger charge is -2.15. The summed E-state index contributed by atoms with van der Waals surface area (Å²) in [7, 11) is 0. The van der Waals surface area contributed by atoms with Gasteiger partial charge in [-0.05, 0) is 31.2 Å². The van der Waals surface area contributed by atoms with Gasteiger partial charge in [-0.2, -0.15) is 0 Å². The molecule has 0 spiro atoms. The summed E-state index contributed by atoms with van der Waals surface area (Å²) in [5.74, 6) is 0. The van der Waals surface area contributed by atoms with Crippen LogP contribution in [0.25, 0.3) is 0 Å². The predicted molar refractivity (Wildman–Crippen MR) is 46.9 cm³/mol. The highest BCUT2D eigenvalue weighted by atomic mass is 32.1. The fraction of sp³-hybridized carbons (Fsp3) is 0.556. The van der Waals surface area contributed by atoms with Crippen molar-refractivity contribution in [2.45, 2.75) is 31.3 Å². The van der Waals surface area contributed by atoms with Gasteiger partial charge in [-0.1, -0.05) is 6.07 Å². The highest BCUT2D eigenvalue weighted by Gasteiger charge is 2.49. The highest BCUT2D eigenvalue weighted by molar-refractivity contribution is 7.10. The third kappa shape index (κ3) is 1.01. The van der Waals surface area contributed by atoms with E-state index in [1.807, 2.05) is 6.92 Å². The van der Waals surface area contributed by atoms with Crippen LogP contribution in [0.4, 0.5) is 0 Å². The molecule has 0 radical (unpaired) electrons. The normalized spacial score (nSPS) is 23.1. The van der Waals surface area contributed by atoms with Crippen molar-refractivity contribution in [3.63, 3.8) is 0 Å². The van der Waals surface area contributed by atoms with Crippen LogP contribution in [0.2, 0.25) is 0 Å². The Bertz CT molecular complexity index is 234. The van der Waals surface area contributed by atoms with Crippen LogP contribution >= 0.6 is 11.3 Å². The molecule has 2 heteroatoms. The first-order chi connectivity index (χ1) is 5.26. The molecule has 1 saturated carbocycles. The molecule has 1 nitrogen and oxygen atoms in total. The number of aliphatic hydroxyl groups is 1. The van der Waals surface area contributed by atoms with Crippen molar-refractivity contribution in [2.75, 3.05) is 0 Å². The van der Waals surface area contributed by atoms with Crippen LogP contribution in [0.3, 0.4) is 0 Å². The van der Waals surface area contributed by atoms with Crippen molar-refractivity contribution in [3.05, 3.63) is 22.4 Å². The van der Waals surface area contributed by atoms with Gasteiger partial charge in [-0.3, -0.25) is 0 Å². The van der Waals surface area contributed by atoms with Gasteiger partial charge < -0.3 is 5.11 Å². The summed E-state index contributed by atoms with van der Waals surface area (Å²) in [6.07, 6.45) is 2.14. The molecule has 1 aliphatic carbocycles. The quantitative estimate of drug-likeness (QED) is 0.717. The minimum atomic E-state index is -0.179. The first kappa shape index (κ1) is 7.32. The van der Waals surface area contributed by atoms with Gasteiger partial charge in [-0.25, -0.2) is 0 Å². The van der Waals surface area contributed by atoms with Crippen LogP contribution in [-0.4, -0.2) is 11.2 Å². The fourth-order valence-corrected chi connectivity index (χ4v) is 2.64. The molecule has 1 aromatic heterocycles. The third-order valence-corrected chi connectivity index (χ3v) is 3.69. The van der Waals surface area contributed by atoms with Gasteiger partial charge in [0.1, 0.15) is 0 Å². The molecule has 1 N–H and O–H groups in total. The summed E-state index contributed by atoms with van der Waals surface area (Å²) in [6.45, 7) is 1.90. The Morgan fingerprint density at radius 2 is 2.36 bits per heavy atom. The molecule has 1 aliphatic rings. The van der Waals surface area contributed by atoms with E-state index in [0.29, 0.717) is 0 Å². The van der Waals surface area contributed by atoms with E-state index >= 15 is 0 Å². The maximum absolute atomic E-state index is 9.52. The van der Waals surface area contributed by atoms with Gasteiger partial charge in [0, 0.05) is 10.3 Å². The van der Waals surface area contributed by atoms with Gasteiger partial charge in [0.05, 0.1) is 6.10 Å². The van der Waals surface area contributed by atoms with Crippen molar-refractivity contribution < 1.29 is 5.11 Å². The third-order valence-electron chi connectivity index (χ3n) is 2.60. The van der Waals surface area contributed by atoms with E-state index in [0.717, 1.165) is 12.8 Å². The molecular weight excluding hydrogens is 156 g/mol. The minimum absolute atomic E-state index is 0.147. The van der Waals surface area contributed by atoms with Crippen LogP contribution in [0.15, 0.2) is 17.5 Å². The standard InChI is InChI=1S/C9H12OS/c1-7(10)9(4-5-9)8-3-2-6-11-8/h2-3,6-7,10H,4-5H2,1H3. The van der Waals surface area contributed by atoms with Gasteiger partial charge in [0.15, 0.2) is 0 Å². The number of hydrogen-bond donors (Lipinski definition) is 1. The van der Waals surface area contributed by atoms with Gasteiger partial charge in [-0.15, -0.1) is 11.3 Å².